The molecule has 3 heteroatoms. The van der Waals surface area contributed by atoms with Crippen molar-refractivity contribution in [2.75, 3.05) is 7.05 Å². The van der Waals surface area contributed by atoms with Crippen LogP contribution in [0.15, 0.2) is 48.5 Å². The third-order valence-corrected chi connectivity index (χ3v) is 2.92. The number of nitrogens with one attached hydrogen (secondary N) is 1. The van der Waals surface area contributed by atoms with Crippen LogP contribution < -0.4 is 10.1 Å². The first-order valence-corrected chi connectivity index (χ1v) is 6.70. The van der Waals surface area contributed by atoms with Gasteiger partial charge in [-0.1, -0.05) is 30.3 Å². The Morgan fingerprint density at radius 3 is 2.40 bits per heavy atom. The summed E-state index contributed by atoms with van der Waals surface area (Å²) < 4.78 is 5.86. The molecule has 104 valence electrons. The lowest BCUT2D eigenvalue weighted by Crippen LogP contribution is -2.18. The zero-order valence-electron chi connectivity index (χ0n) is 12.0. The maximum Gasteiger partial charge on any atom is 0.251 e. The second-order valence-electron chi connectivity index (χ2n) is 4.82. The molecule has 3 nitrogen and oxygen atoms in total. The van der Waals surface area contributed by atoms with Crippen molar-refractivity contribution in [3.63, 3.8) is 0 Å². The Labute approximate surface area is 119 Å². The molecule has 0 radical (unpaired) electrons. The minimum atomic E-state index is -0.113. The molecule has 0 fully saturated rings. The number of ether oxygens (including phenoxy) is 1. The number of hydrogen-bond acceptors (Lipinski definition) is 2. The largest absolute Gasteiger partial charge is 0.490 e. The molecule has 20 heavy (non-hydrogen) atoms. The Hall–Kier alpha value is -2.29. The summed E-state index contributed by atoms with van der Waals surface area (Å²) in [6.07, 6.45) is 0.0531. The van der Waals surface area contributed by atoms with Crippen molar-refractivity contribution in [2.45, 2.75) is 20.0 Å². The van der Waals surface area contributed by atoms with Gasteiger partial charge >= 0.3 is 0 Å². The van der Waals surface area contributed by atoms with Crippen LogP contribution in [-0.2, 0) is 0 Å². The van der Waals surface area contributed by atoms with Crippen LogP contribution in [-0.4, -0.2) is 19.1 Å². The first-order chi connectivity index (χ1) is 9.61. The SMILES string of the molecule is CNC(=O)c1ccc(-c2ccccc2)c(OC(C)C)c1. The Morgan fingerprint density at radius 1 is 1.10 bits per heavy atom. The fourth-order valence-electron chi connectivity index (χ4n) is 2.02. The maximum absolute atomic E-state index is 11.7. The van der Waals surface area contributed by atoms with E-state index >= 15 is 0 Å². The molecule has 0 aliphatic carbocycles. The van der Waals surface area contributed by atoms with Crippen LogP contribution in [0.25, 0.3) is 11.1 Å². The Bertz CT molecular complexity index is 591. The summed E-state index contributed by atoms with van der Waals surface area (Å²) in [5, 5.41) is 2.63. The minimum Gasteiger partial charge on any atom is -0.490 e. The third kappa shape index (κ3) is 3.18. The van der Waals surface area contributed by atoms with Crippen LogP contribution in [0.2, 0.25) is 0 Å². The fourth-order valence-corrected chi connectivity index (χ4v) is 2.02. The molecule has 2 aromatic carbocycles. The number of rotatable bonds is 4. The van der Waals surface area contributed by atoms with Gasteiger partial charge in [0.05, 0.1) is 6.10 Å². The zero-order chi connectivity index (χ0) is 14.5. The molecule has 0 unspecified atom stereocenters. The molecule has 2 rings (SSSR count). The molecule has 0 saturated carbocycles. The summed E-state index contributed by atoms with van der Waals surface area (Å²) in [6, 6.07) is 15.5. The highest BCUT2D eigenvalue weighted by molar-refractivity contribution is 5.95. The van der Waals surface area contributed by atoms with E-state index in [2.05, 4.69) is 5.32 Å². The van der Waals surface area contributed by atoms with Gasteiger partial charge in [0.25, 0.3) is 5.91 Å². The molecule has 1 N–H and O–H groups in total. The van der Waals surface area contributed by atoms with E-state index < -0.39 is 0 Å². The molecule has 1 amide bonds. The van der Waals surface area contributed by atoms with Gasteiger partial charge in [-0.15, -0.1) is 0 Å². The van der Waals surface area contributed by atoms with Crippen molar-refractivity contribution in [1.82, 2.24) is 5.32 Å². The molecule has 0 heterocycles. The van der Waals surface area contributed by atoms with E-state index in [1.165, 1.54) is 0 Å². The Morgan fingerprint density at radius 2 is 1.80 bits per heavy atom. The van der Waals surface area contributed by atoms with Gasteiger partial charge < -0.3 is 10.1 Å². The van der Waals surface area contributed by atoms with Gasteiger partial charge in [-0.2, -0.15) is 0 Å². The molecule has 0 atom stereocenters. The number of carbonyl (C=O) groups excluding carboxylic acids is 1. The highest BCUT2D eigenvalue weighted by atomic mass is 16.5. The topological polar surface area (TPSA) is 38.3 Å². The van der Waals surface area contributed by atoms with Crippen LogP contribution in [0, 0.1) is 0 Å². The summed E-state index contributed by atoms with van der Waals surface area (Å²) in [4.78, 5) is 11.7. The summed E-state index contributed by atoms with van der Waals surface area (Å²) in [6.45, 7) is 3.95. The number of hydrogen-bond donors (Lipinski definition) is 1. The smallest absolute Gasteiger partial charge is 0.251 e. The number of benzene rings is 2. The predicted octanol–water partition coefficient (Wildman–Crippen LogP) is 3.50. The van der Waals surface area contributed by atoms with Crippen molar-refractivity contribution < 1.29 is 9.53 Å². The monoisotopic (exact) mass is 269 g/mol. The van der Waals surface area contributed by atoms with Gasteiger partial charge in [-0.3, -0.25) is 4.79 Å². The first kappa shape index (κ1) is 14.1. The summed E-state index contributed by atoms with van der Waals surface area (Å²) in [5.74, 6) is 0.616. The molecule has 0 bridgehead atoms. The van der Waals surface area contributed by atoms with Gasteiger partial charge in [0.1, 0.15) is 5.75 Å². The minimum absolute atomic E-state index is 0.0531. The molecule has 0 aromatic heterocycles. The van der Waals surface area contributed by atoms with E-state index in [0.29, 0.717) is 5.56 Å². The number of amides is 1. The van der Waals surface area contributed by atoms with Crippen LogP contribution in [0.3, 0.4) is 0 Å². The van der Waals surface area contributed by atoms with E-state index in [1.807, 2.05) is 56.3 Å². The van der Waals surface area contributed by atoms with Crippen molar-refractivity contribution >= 4 is 5.91 Å². The van der Waals surface area contributed by atoms with Gasteiger partial charge in [0.15, 0.2) is 0 Å². The van der Waals surface area contributed by atoms with E-state index in [1.54, 1.807) is 13.1 Å². The molecule has 0 aliphatic heterocycles. The van der Waals surface area contributed by atoms with Crippen LogP contribution >= 0.6 is 0 Å². The van der Waals surface area contributed by atoms with Gasteiger partial charge in [0, 0.05) is 18.2 Å². The average Bonchev–Trinajstić information content (AvgIpc) is 2.46. The molecular formula is C17H19NO2. The predicted molar refractivity (Wildman–Crippen MR) is 81.0 cm³/mol. The van der Waals surface area contributed by atoms with Crippen molar-refractivity contribution in [3.8, 4) is 16.9 Å². The average molecular weight is 269 g/mol. The van der Waals surface area contributed by atoms with Crippen molar-refractivity contribution in [3.05, 3.63) is 54.1 Å². The fraction of sp³-hybridized carbons (Fsp3) is 0.235. The Balaban J connectivity index is 2.48. The number of carbonyl (C=O) groups is 1. The molecule has 0 saturated heterocycles. The van der Waals surface area contributed by atoms with Crippen molar-refractivity contribution in [1.29, 1.82) is 0 Å². The van der Waals surface area contributed by atoms with Crippen LogP contribution in [0.1, 0.15) is 24.2 Å². The highest BCUT2D eigenvalue weighted by Gasteiger charge is 2.12. The molecular weight excluding hydrogens is 250 g/mol. The first-order valence-electron chi connectivity index (χ1n) is 6.70. The highest BCUT2D eigenvalue weighted by Crippen LogP contribution is 2.31. The van der Waals surface area contributed by atoms with Gasteiger partial charge in [-0.25, -0.2) is 0 Å². The summed E-state index contributed by atoms with van der Waals surface area (Å²) >= 11 is 0. The standard InChI is InChI=1S/C17H19NO2/c1-12(2)20-16-11-14(17(19)18-3)9-10-15(16)13-7-5-4-6-8-13/h4-12H,1-3H3,(H,18,19). The second kappa shape index (κ2) is 6.24. The lowest BCUT2D eigenvalue weighted by Gasteiger charge is -2.15. The van der Waals surface area contributed by atoms with Crippen molar-refractivity contribution in [2.24, 2.45) is 0 Å². The van der Waals surface area contributed by atoms with Crippen LogP contribution in [0.5, 0.6) is 5.75 Å². The van der Waals surface area contributed by atoms with Crippen LogP contribution in [0.4, 0.5) is 0 Å². The normalized spacial score (nSPS) is 10.4. The van der Waals surface area contributed by atoms with E-state index in [-0.39, 0.29) is 12.0 Å². The van der Waals surface area contributed by atoms with E-state index in [9.17, 15) is 4.79 Å². The lowest BCUT2D eigenvalue weighted by molar-refractivity contribution is 0.0962. The maximum atomic E-state index is 11.7. The third-order valence-electron chi connectivity index (χ3n) is 2.92. The lowest BCUT2D eigenvalue weighted by atomic mass is 10.0. The summed E-state index contributed by atoms with van der Waals surface area (Å²) in [7, 11) is 1.62. The van der Waals surface area contributed by atoms with E-state index in [4.69, 9.17) is 4.74 Å². The molecule has 0 aliphatic rings. The van der Waals surface area contributed by atoms with Gasteiger partial charge in [0.2, 0.25) is 0 Å². The zero-order valence-corrected chi connectivity index (χ0v) is 12.0. The molecule has 2 aromatic rings. The second-order valence-corrected chi connectivity index (χ2v) is 4.82. The van der Waals surface area contributed by atoms with Gasteiger partial charge in [-0.05, 0) is 37.6 Å². The summed E-state index contributed by atoms with van der Waals surface area (Å²) in [5.41, 5.74) is 2.67. The quantitative estimate of drug-likeness (QED) is 0.922. The Kier molecular flexibility index (Phi) is 4.41. The molecule has 0 spiro atoms. The van der Waals surface area contributed by atoms with E-state index in [0.717, 1.165) is 16.9 Å².